The molecule has 0 saturated carbocycles. The zero-order chi connectivity index (χ0) is 16.2. The van der Waals surface area contributed by atoms with Crippen molar-refractivity contribution in [3.63, 3.8) is 0 Å². The van der Waals surface area contributed by atoms with Gasteiger partial charge in [0, 0.05) is 18.3 Å². The zero-order valence-corrected chi connectivity index (χ0v) is 12.0. The third-order valence-corrected chi connectivity index (χ3v) is 3.25. The van der Waals surface area contributed by atoms with Crippen molar-refractivity contribution in [2.45, 2.75) is 12.6 Å². The number of methoxy groups -OCH3 is 1. The molecule has 1 aliphatic rings. The number of carbonyl (C=O) groups excluding carboxylic acids is 1. The van der Waals surface area contributed by atoms with Crippen LogP contribution >= 0.6 is 0 Å². The number of alkyl halides is 3. The van der Waals surface area contributed by atoms with Gasteiger partial charge in [0.1, 0.15) is 0 Å². The maximum Gasteiger partial charge on any atom is 0.422 e. The van der Waals surface area contributed by atoms with Gasteiger partial charge in [0.15, 0.2) is 18.1 Å². The first-order valence-corrected chi connectivity index (χ1v) is 6.78. The second-order valence-electron chi connectivity index (χ2n) is 4.95. The molecule has 0 radical (unpaired) electrons. The molecule has 1 atom stereocenters. The van der Waals surface area contributed by atoms with Crippen LogP contribution in [0.4, 0.5) is 18.9 Å². The van der Waals surface area contributed by atoms with Gasteiger partial charge in [-0.25, -0.2) is 0 Å². The smallest absolute Gasteiger partial charge is 0.422 e. The Bertz CT molecular complexity index is 529. The highest BCUT2D eigenvalue weighted by molar-refractivity contribution is 5.93. The van der Waals surface area contributed by atoms with Crippen LogP contribution in [-0.4, -0.2) is 38.9 Å². The Labute approximate surface area is 125 Å². The summed E-state index contributed by atoms with van der Waals surface area (Å²) >= 11 is 0. The molecule has 5 nitrogen and oxygen atoms in total. The van der Waals surface area contributed by atoms with Crippen molar-refractivity contribution in [1.29, 1.82) is 0 Å². The number of nitrogens with one attached hydrogen (secondary N) is 2. The van der Waals surface area contributed by atoms with Gasteiger partial charge in [0.25, 0.3) is 0 Å². The number of anilines is 1. The maximum absolute atomic E-state index is 12.2. The summed E-state index contributed by atoms with van der Waals surface area (Å²) in [7, 11) is 1.33. The van der Waals surface area contributed by atoms with Crippen LogP contribution in [0.5, 0.6) is 11.5 Å². The van der Waals surface area contributed by atoms with Crippen molar-refractivity contribution in [3.8, 4) is 11.5 Å². The molecule has 0 aliphatic carbocycles. The molecule has 1 unspecified atom stereocenters. The van der Waals surface area contributed by atoms with Crippen molar-refractivity contribution < 1.29 is 27.4 Å². The summed E-state index contributed by atoms with van der Waals surface area (Å²) in [6.07, 6.45) is -3.71. The summed E-state index contributed by atoms with van der Waals surface area (Å²) in [5.74, 6) is -0.203. The standard InChI is InChI=1S/C14H17F3N2O3/c1-21-11-3-2-10(6-12(11)22-8-14(15,16)17)19-13(20)9-4-5-18-7-9/h2-3,6,9,18H,4-5,7-8H2,1H3,(H,19,20). The van der Waals surface area contributed by atoms with Crippen molar-refractivity contribution in [1.82, 2.24) is 5.32 Å². The minimum absolute atomic E-state index is 0.0674. The number of hydrogen-bond acceptors (Lipinski definition) is 4. The van der Waals surface area contributed by atoms with E-state index in [1.54, 1.807) is 6.07 Å². The summed E-state index contributed by atoms with van der Waals surface area (Å²) in [5.41, 5.74) is 0.370. The first kappa shape index (κ1) is 16.4. The Morgan fingerprint density at radius 1 is 1.41 bits per heavy atom. The number of rotatable bonds is 5. The molecule has 1 heterocycles. The van der Waals surface area contributed by atoms with E-state index in [1.165, 1.54) is 19.2 Å². The molecule has 2 N–H and O–H groups in total. The van der Waals surface area contributed by atoms with Crippen molar-refractivity contribution in [3.05, 3.63) is 18.2 Å². The van der Waals surface area contributed by atoms with Crippen LogP contribution in [0, 0.1) is 5.92 Å². The largest absolute Gasteiger partial charge is 0.493 e. The van der Waals surface area contributed by atoms with Gasteiger partial charge >= 0.3 is 6.18 Å². The lowest BCUT2D eigenvalue weighted by Gasteiger charge is -2.15. The summed E-state index contributed by atoms with van der Waals surface area (Å²) < 4.78 is 46.4. The molecular weight excluding hydrogens is 301 g/mol. The summed E-state index contributed by atoms with van der Waals surface area (Å²) in [4.78, 5) is 12.0. The van der Waals surface area contributed by atoms with E-state index >= 15 is 0 Å². The van der Waals surface area contributed by atoms with Crippen molar-refractivity contribution in [2.24, 2.45) is 5.92 Å². The number of hydrogen-bond donors (Lipinski definition) is 2. The average Bonchev–Trinajstić information content (AvgIpc) is 2.99. The third kappa shape index (κ3) is 4.52. The van der Waals surface area contributed by atoms with E-state index in [4.69, 9.17) is 9.47 Å². The highest BCUT2D eigenvalue weighted by atomic mass is 19.4. The predicted octanol–water partition coefficient (Wildman–Crippen LogP) is 2.18. The van der Waals surface area contributed by atoms with E-state index in [-0.39, 0.29) is 23.3 Å². The van der Waals surface area contributed by atoms with E-state index in [2.05, 4.69) is 10.6 Å². The van der Waals surface area contributed by atoms with Crippen LogP contribution in [0.25, 0.3) is 0 Å². The molecule has 0 spiro atoms. The molecule has 1 saturated heterocycles. The second-order valence-corrected chi connectivity index (χ2v) is 4.95. The molecule has 1 aliphatic heterocycles. The molecule has 1 aromatic rings. The Kier molecular flexibility index (Phi) is 5.12. The molecule has 1 amide bonds. The molecule has 0 aromatic heterocycles. The number of ether oxygens (including phenoxy) is 2. The average molecular weight is 318 g/mol. The molecule has 8 heteroatoms. The lowest BCUT2D eigenvalue weighted by Crippen LogP contribution is -2.24. The number of amides is 1. The summed E-state index contributed by atoms with van der Waals surface area (Å²) in [6, 6.07) is 4.33. The van der Waals surface area contributed by atoms with Crippen molar-refractivity contribution >= 4 is 11.6 Å². The van der Waals surface area contributed by atoms with Gasteiger partial charge in [-0.15, -0.1) is 0 Å². The third-order valence-electron chi connectivity index (χ3n) is 3.25. The first-order chi connectivity index (χ1) is 10.4. The first-order valence-electron chi connectivity index (χ1n) is 6.78. The van der Waals surface area contributed by atoms with Crippen LogP contribution in [-0.2, 0) is 4.79 Å². The fourth-order valence-electron chi connectivity index (χ4n) is 2.15. The van der Waals surface area contributed by atoms with Crippen molar-refractivity contribution in [2.75, 3.05) is 32.1 Å². The fourth-order valence-corrected chi connectivity index (χ4v) is 2.15. The van der Waals surface area contributed by atoms with E-state index in [1.807, 2.05) is 0 Å². The number of carbonyl (C=O) groups is 1. The molecule has 1 fully saturated rings. The predicted molar refractivity (Wildman–Crippen MR) is 74.2 cm³/mol. The lowest BCUT2D eigenvalue weighted by atomic mass is 10.1. The number of halogens is 3. The SMILES string of the molecule is COc1ccc(NC(=O)C2CCNC2)cc1OCC(F)(F)F. The normalized spacial score (nSPS) is 18.1. The van der Waals surface area contributed by atoms with Crippen LogP contribution in [0.1, 0.15) is 6.42 Å². The molecule has 0 bridgehead atoms. The monoisotopic (exact) mass is 318 g/mol. The molecule has 22 heavy (non-hydrogen) atoms. The van der Waals surface area contributed by atoms with Crippen LogP contribution < -0.4 is 20.1 Å². The lowest BCUT2D eigenvalue weighted by molar-refractivity contribution is -0.153. The van der Waals surface area contributed by atoms with Gasteiger partial charge in [-0.3, -0.25) is 4.79 Å². The van der Waals surface area contributed by atoms with E-state index < -0.39 is 12.8 Å². The highest BCUT2D eigenvalue weighted by Gasteiger charge is 2.29. The minimum atomic E-state index is -4.44. The van der Waals surface area contributed by atoms with Gasteiger partial charge in [-0.1, -0.05) is 0 Å². The maximum atomic E-state index is 12.2. The summed E-state index contributed by atoms with van der Waals surface area (Å²) in [6.45, 7) is -0.0482. The molecule has 1 aromatic carbocycles. The Hall–Kier alpha value is -1.96. The summed E-state index contributed by atoms with van der Waals surface area (Å²) in [5, 5.41) is 5.75. The Morgan fingerprint density at radius 2 is 2.18 bits per heavy atom. The van der Waals surface area contributed by atoms with Crippen LogP contribution in [0.3, 0.4) is 0 Å². The van der Waals surface area contributed by atoms with Gasteiger partial charge in [-0.05, 0) is 25.1 Å². The highest BCUT2D eigenvalue weighted by Crippen LogP contribution is 2.32. The van der Waals surface area contributed by atoms with E-state index in [0.29, 0.717) is 12.2 Å². The quantitative estimate of drug-likeness (QED) is 0.874. The topological polar surface area (TPSA) is 59.6 Å². The number of benzene rings is 1. The molecule has 2 rings (SSSR count). The molecule has 122 valence electrons. The van der Waals surface area contributed by atoms with Gasteiger partial charge in [0.2, 0.25) is 5.91 Å². The van der Waals surface area contributed by atoms with Crippen LogP contribution in [0.15, 0.2) is 18.2 Å². The van der Waals surface area contributed by atoms with E-state index in [0.717, 1.165) is 13.0 Å². The van der Waals surface area contributed by atoms with Gasteiger partial charge in [0.05, 0.1) is 13.0 Å². The minimum Gasteiger partial charge on any atom is -0.493 e. The molecular formula is C14H17F3N2O3. The van der Waals surface area contributed by atoms with Gasteiger partial charge in [-0.2, -0.15) is 13.2 Å². The fraction of sp³-hybridized carbons (Fsp3) is 0.500. The Balaban J connectivity index is 2.07. The zero-order valence-electron chi connectivity index (χ0n) is 12.0. The second kappa shape index (κ2) is 6.87. The van der Waals surface area contributed by atoms with Gasteiger partial charge < -0.3 is 20.1 Å². The van der Waals surface area contributed by atoms with E-state index in [9.17, 15) is 18.0 Å². The van der Waals surface area contributed by atoms with Crippen LogP contribution in [0.2, 0.25) is 0 Å². The Morgan fingerprint density at radius 3 is 2.77 bits per heavy atom.